The molecule has 0 saturated carbocycles. The highest BCUT2D eigenvalue weighted by atomic mass is 19.4. The van der Waals surface area contributed by atoms with Crippen LogP contribution >= 0.6 is 0 Å². The molecular formula is C14H16F4N2O3. The van der Waals surface area contributed by atoms with Gasteiger partial charge in [0.1, 0.15) is 19.0 Å². The predicted octanol–water partition coefficient (Wildman–Crippen LogP) is 1.16. The van der Waals surface area contributed by atoms with Crippen molar-refractivity contribution >= 4 is 11.8 Å². The number of alkyl halides is 3. The zero-order valence-corrected chi connectivity index (χ0v) is 12.0. The molecule has 5 nitrogen and oxygen atoms in total. The topological polar surface area (TPSA) is 81.4 Å². The first-order valence-electron chi connectivity index (χ1n) is 6.62. The Morgan fingerprint density at radius 1 is 1.22 bits per heavy atom. The van der Waals surface area contributed by atoms with E-state index in [-0.39, 0.29) is 13.0 Å². The third kappa shape index (κ3) is 8.15. The van der Waals surface area contributed by atoms with Crippen LogP contribution in [0.25, 0.3) is 0 Å². The van der Waals surface area contributed by atoms with E-state index < -0.39 is 42.9 Å². The Balaban J connectivity index is 2.42. The number of nitrogens with one attached hydrogen (secondary N) is 1. The maximum atomic E-state index is 12.8. The van der Waals surface area contributed by atoms with Gasteiger partial charge in [-0.05, 0) is 24.1 Å². The van der Waals surface area contributed by atoms with Crippen molar-refractivity contribution in [2.45, 2.75) is 12.6 Å². The number of nitrogens with two attached hydrogens (primary N) is 1. The second kappa shape index (κ2) is 8.47. The Kier molecular flexibility index (Phi) is 6.95. The zero-order chi connectivity index (χ0) is 17.5. The van der Waals surface area contributed by atoms with Crippen molar-refractivity contribution in [2.24, 2.45) is 11.7 Å². The Labute approximate surface area is 129 Å². The van der Waals surface area contributed by atoms with Crippen LogP contribution in [-0.2, 0) is 20.7 Å². The molecule has 0 heterocycles. The molecule has 23 heavy (non-hydrogen) atoms. The van der Waals surface area contributed by atoms with E-state index in [1.165, 1.54) is 24.3 Å². The number of halogens is 4. The quantitative estimate of drug-likeness (QED) is 0.699. The third-order valence-electron chi connectivity index (χ3n) is 2.84. The van der Waals surface area contributed by atoms with E-state index >= 15 is 0 Å². The number of rotatable bonds is 8. The number of carbonyl (C=O) groups excluding carboxylic acids is 2. The van der Waals surface area contributed by atoms with Gasteiger partial charge in [-0.15, -0.1) is 0 Å². The average molecular weight is 336 g/mol. The van der Waals surface area contributed by atoms with Gasteiger partial charge in [0.25, 0.3) is 0 Å². The van der Waals surface area contributed by atoms with E-state index in [1.807, 2.05) is 0 Å². The number of benzene rings is 1. The molecule has 0 bridgehead atoms. The summed E-state index contributed by atoms with van der Waals surface area (Å²) < 4.78 is 52.5. The largest absolute Gasteiger partial charge is 0.411 e. The smallest absolute Gasteiger partial charge is 0.369 e. The van der Waals surface area contributed by atoms with Gasteiger partial charge in [0.05, 0.1) is 5.92 Å². The summed E-state index contributed by atoms with van der Waals surface area (Å²) in [5, 5.41) is 2.28. The molecule has 0 fully saturated rings. The molecule has 0 aliphatic heterocycles. The molecule has 128 valence electrons. The monoisotopic (exact) mass is 336 g/mol. The molecule has 1 aromatic rings. The highest BCUT2D eigenvalue weighted by molar-refractivity contribution is 5.80. The van der Waals surface area contributed by atoms with Crippen LogP contribution < -0.4 is 11.1 Å². The molecule has 0 spiro atoms. The molecule has 2 amide bonds. The highest BCUT2D eigenvalue weighted by Gasteiger charge is 2.27. The first-order valence-corrected chi connectivity index (χ1v) is 6.62. The second-order valence-corrected chi connectivity index (χ2v) is 4.84. The molecule has 0 aliphatic rings. The Bertz CT molecular complexity index is 532. The summed E-state index contributed by atoms with van der Waals surface area (Å²) >= 11 is 0. The molecule has 0 saturated heterocycles. The van der Waals surface area contributed by atoms with Gasteiger partial charge < -0.3 is 15.8 Å². The van der Waals surface area contributed by atoms with Crippen LogP contribution in [0.3, 0.4) is 0 Å². The van der Waals surface area contributed by atoms with Gasteiger partial charge in [0.2, 0.25) is 11.8 Å². The minimum atomic E-state index is -4.52. The normalized spacial score (nSPS) is 12.7. The van der Waals surface area contributed by atoms with Gasteiger partial charge in [-0.2, -0.15) is 13.2 Å². The van der Waals surface area contributed by atoms with Crippen molar-refractivity contribution in [2.75, 3.05) is 19.8 Å². The Morgan fingerprint density at radius 2 is 1.83 bits per heavy atom. The van der Waals surface area contributed by atoms with E-state index in [2.05, 4.69) is 10.1 Å². The van der Waals surface area contributed by atoms with Gasteiger partial charge in [0.15, 0.2) is 0 Å². The van der Waals surface area contributed by atoms with Gasteiger partial charge in [0, 0.05) is 6.54 Å². The summed E-state index contributed by atoms with van der Waals surface area (Å²) in [4.78, 5) is 22.7. The maximum Gasteiger partial charge on any atom is 0.411 e. The first-order chi connectivity index (χ1) is 10.7. The van der Waals surface area contributed by atoms with Crippen molar-refractivity contribution in [1.82, 2.24) is 5.32 Å². The fourth-order valence-corrected chi connectivity index (χ4v) is 1.73. The minimum absolute atomic E-state index is 0.152. The van der Waals surface area contributed by atoms with E-state index in [0.717, 1.165) is 0 Å². The molecule has 9 heteroatoms. The molecule has 0 radical (unpaired) electrons. The summed E-state index contributed by atoms with van der Waals surface area (Å²) in [6, 6.07) is 5.38. The van der Waals surface area contributed by atoms with Crippen LogP contribution in [0, 0.1) is 11.7 Å². The van der Waals surface area contributed by atoms with Crippen molar-refractivity contribution in [3.8, 4) is 0 Å². The van der Waals surface area contributed by atoms with Crippen molar-refractivity contribution in [3.05, 3.63) is 35.6 Å². The van der Waals surface area contributed by atoms with Crippen LogP contribution in [0.1, 0.15) is 5.56 Å². The summed E-state index contributed by atoms with van der Waals surface area (Å²) in [7, 11) is 0. The lowest BCUT2D eigenvalue weighted by Gasteiger charge is -2.15. The van der Waals surface area contributed by atoms with Gasteiger partial charge >= 0.3 is 6.18 Å². The molecular weight excluding hydrogens is 320 g/mol. The molecule has 1 atom stereocenters. The number of hydrogen-bond acceptors (Lipinski definition) is 3. The molecule has 1 rings (SSSR count). The standard InChI is InChI=1S/C14H16F4N2O3/c15-11-3-1-9(2-4-11)5-10(13(19)22)6-20-12(21)7-23-8-14(16,17)18/h1-4,10H,5-8H2,(H2,19,22)(H,20,21)/t10-/m1/s1. The Hall–Kier alpha value is -2.16. The van der Waals surface area contributed by atoms with Gasteiger partial charge in [-0.1, -0.05) is 12.1 Å². The summed E-state index contributed by atoms with van der Waals surface area (Å²) in [6.45, 7) is -2.46. The number of ether oxygens (including phenoxy) is 1. The lowest BCUT2D eigenvalue weighted by molar-refractivity contribution is -0.175. The number of primary amides is 1. The lowest BCUT2D eigenvalue weighted by Crippen LogP contribution is -2.39. The molecule has 3 N–H and O–H groups in total. The number of carbonyl (C=O) groups is 2. The van der Waals surface area contributed by atoms with Crippen molar-refractivity contribution in [3.63, 3.8) is 0 Å². The number of amides is 2. The van der Waals surface area contributed by atoms with Crippen LogP contribution in [-0.4, -0.2) is 37.7 Å². The first kappa shape index (κ1) is 18.9. The Morgan fingerprint density at radius 3 is 2.35 bits per heavy atom. The third-order valence-corrected chi connectivity index (χ3v) is 2.84. The average Bonchev–Trinajstić information content (AvgIpc) is 2.43. The van der Waals surface area contributed by atoms with E-state index in [0.29, 0.717) is 5.56 Å². The van der Waals surface area contributed by atoms with E-state index in [9.17, 15) is 27.2 Å². The van der Waals surface area contributed by atoms with Crippen LogP contribution in [0.15, 0.2) is 24.3 Å². The molecule has 1 aromatic carbocycles. The van der Waals surface area contributed by atoms with Crippen molar-refractivity contribution < 1.29 is 31.9 Å². The summed E-state index contributed by atoms with van der Waals surface area (Å²) in [5.41, 5.74) is 5.85. The SMILES string of the molecule is NC(=O)[C@@H](CNC(=O)COCC(F)(F)F)Cc1ccc(F)cc1. The van der Waals surface area contributed by atoms with E-state index in [1.54, 1.807) is 0 Å². The zero-order valence-electron chi connectivity index (χ0n) is 12.0. The second-order valence-electron chi connectivity index (χ2n) is 4.84. The fraction of sp³-hybridized carbons (Fsp3) is 0.429. The molecule has 0 unspecified atom stereocenters. The minimum Gasteiger partial charge on any atom is -0.369 e. The maximum absolute atomic E-state index is 12.8. The molecule has 0 aromatic heterocycles. The van der Waals surface area contributed by atoms with Crippen molar-refractivity contribution in [1.29, 1.82) is 0 Å². The van der Waals surface area contributed by atoms with Crippen LogP contribution in [0.2, 0.25) is 0 Å². The highest BCUT2D eigenvalue weighted by Crippen LogP contribution is 2.14. The van der Waals surface area contributed by atoms with Gasteiger partial charge in [-0.3, -0.25) is 9.59 Å². The van der Waals surface area contributed by atoms with Crippen LogP contribution in [0.4, 0.5) is 17.6 Å². The fourth-order valence-electron chi connectivity index (χ4n) is 1.73. The molecule has 0 aliphatic carbocycles. The summed E-state index contributed by atoms with van der Waals surface area (Å²) in [5.74, 6) is -2.68. The number of hydrogen-bond donors (Lipinski definition) is 2. The predicted molar refractivity (Wildman–Crippen MR) is 72.7 cm³/mol. The van der Waals surface area contributed by atoms with Gasteiger partial charge in [-0.25, -0.2) is 4.39 Å². The van der Waals surface area contributed by atoms with Crippen LogP contribution in [0.5, 0.6) is 0 Å². The van der Waals surface area contributed by atoms with E-state index in [4.69, 9.17) is 5.73 Å². The lowest BCUT2D eigenvalue weighted by atomic mass is 9.98. The summed E-state index contributed by atoms with van der Waals surface area (Å²) in [6.07, 6.45) is -4.35.